The third-order valence-corrected chi connectivity index (χ3v) is 6.22. The van der Waals surface area contributed by atoms with Gasteiger partial charge in [-0.05, 0) is 52.3 Å². The highest BCUT2D eigenvalue weighted by molar-refractivity contribution is 7.92. The molecule has 0 amide bonds. The lowest BCUT2D eigenvalue weighted by Crippen LogP contribution is -2.37. The molecule has 0 heterocycles. The molecule has 3 nitrogen and oxygen atoms in total. The first kappa shape index (κ1) is 17.2. The van der Waals surface area contributed by atoms with Gasteiger partial charge in [0.25, 0.3) is 0 Å². The molecule has 1 unspecified atom stereocenters. The molecule has 0 saturated carbocycles. The van der Waals surface area contributed by atoms with Gasteiger partial charge in [-0.3, -0.25) is 0 Å². The van der Waals surface area contributed by atoms with Gasteiger partial charge in [-0.1, -0.05) is 30.7 Å². The van der Waals surface area contributed by atoms with Gasteiger partial charge in [0.1, 0.15) is 0 Å². The molecular weight excluding hydrogens is 270 g/mol. The standard InChI is InChI=1S/C16H27NO2S/c1-7-17-15(11-20(18,19)16(4,5)6)14-10-12(2)8-9-13(14)3/h8-10,15,17H,7,11H2,1-6H3. The molecule has 1 N–H and O–H groups in total. The van der Waals surface area contributed by atoms with Gasteiger partial charge in [0.2, 0.25) is 0 Å². The van der Waals surface area contributed by atoms with Crippen molar-refractivity contribution in [2.45, 2.75) is 52.3 Å². The van der Waals surface area contributed by atoms with E-state index in [4.69, 9.17) is 0 Å². The maximum atomic E-state index is 12.5. The highest BCUT2D eigenvalue weighted by atomic mass is 32.2. The molecule has 0 aromatic heterocycles. The zero-order valence-electron chi connectivity index (χ0n) is 13.4. The summed E-state index contributed by atoms with van der Waals surface area (Å²) >= 11 is 0. The highest BCUT2D eigenvalue weighted by Crippen LogP contribution is 2.25. The summed E-state index contributed by atoms with van der Waals surface area (Å²) in [6, 6.07) is 6.05. The lowest BCUT2D eigenvalue weighted by Gasteiger charge is -2.26. The Hall–Kier alpha value is -0.870. The van der Waals surface area contributed by atoms with Crippen molar-refractivity contribution >= 4 is 9.84 Å². The van der Waals surface area contributed by atoms with Gasteiger partial charge < -0.3 is 5.32 Å². The van der Waals surface area contributed by atoms with Crippen LogP contribution in [0.4, 0.5) is 0 Å². The van der Waals surface area contributed by atoms with Crippen LogP contribution in [0, 0.1) is 13.8 Å². The summed E-state index contributed by atoms with van der Waals surface area (Å²) in [6.45, 7) is 12.1. The molecular formula is C16H27NO2S. The topological polar surface area (TPSA) is 46.2 Å². The van der Waals surface area contributed by atoms with Crippen LogP contribution >= 0.6 is 0 Å². The molecule has 1 aromatic carbocycles. The average Bonchev–Trinajstić information content (AvgIpc) is 2.30. The monoisotopic (exact) mass is 297 g/mol. The van der Waals surface area contributed by atoms with Crippen molar-refractivity contribution < 1.29 is 8.42 Å². The van der Waals surface area contributed by atoms with Crippen LogP contribution in [0.3, 0.4) is 0 Å². The van der Waals surface area contributed by atoms with Crippen molar-refractivity contribution in [2.75, 3.05) is 12.3 Å². The van der Waals surface area contributed by atoms with Crippen LogP contribution in [0.25, 0.3) is 0 Å². The molecule has 1 aromatic rings. The normalized spacial score (nSPS) is 14.3. The van der Waals surface area contributed by atoms with Crippen LogP contribution in [0.5, 0.6) is 0 Å². The van der Waals surface area contributed by atoms with E-state index in [1.165, 1.54) is 0 Å². The third kappa shape index (κ3) is 4.06. The first-order valence-electron chi connectivity index (χ1n) is 7.11. The van der Waals surface area contributed by atoms with Crippen molar-refractivity contribution in [1.29, 1.82) is 0 Å². The van der Waals surface area contributed by atoms with E-state index in [0.717, 1.165) is 23.2 Å². The maximum absolute atomic E-state index is 12.5. The number of nitrogens with one attached hydrogen (secondary N) is 1. The van der Waals surface area contributed by atoms with E-state index in [-0.39, 0.29) is 11.8 Å². The van der Waals surface area contributed by atoms with Gasteiger partial charge in [0, 0.05) is 6.04 Å². The Labute approximate surface area is 123 Å². The number of benzene rings is 1. The molecule has 4 heteroatoms. The number of aryl methyl sites for hydroxylation is 2. The molecule has 114 valence electrons. The van der Waals surface area contributed by atoms with E-state index in [1.807, 2.05) is 20.8 Å². The van der Waals surface area contributed by atoms with Crippen molar-refractivity contribution in [1.82, 2.24) is 5.32 Å². The van der Waals surface area contributed by atoms with E-state index < -0.39 is 14.6 Å². The van der Waals surface area contributed by atoms with Crippen LogP contribution in [0.2, 0.25) is 0 Å². The Morgan fingerprint density at radius 2 is 1.80 bits per heavy atom. The van der Waals surface area contributed by atoms with E-state index in [9.17, 15) is 8.42 Å². The number of hydrogen-bond acceptors (Lipinski definition) is 3. The molecule has 0 aliphatic heterocycles. The van der Waals surface area contributed by atoms with Crippen molar-refractivity contribution in [2.24, 2.45) is 0 Å². The van der Waals surface area contributed by atoms with Crippen molar-refractivity contribution in [3.8, 4) is 0 Å². The SMILES string of the molecule is CCNC(CS(=O)(=O)C(C)(C)C)c1cc(C)ccc1C. The van der Waals surface area contributed by atoms with Gasteiger partial charge in [0.05, 0.1) is 10.5 Å². The Morgan fingerprint density at radius 3 is 2.30 bits per heavy atom. The van der Waals surface area contributed by atoms with Gasteiger partial charge >= 0.3 is 0 Å². The van der Waals surface area contributed by atoms with Gasteiger partial charge in [-0.25, -0.2) is 8.42 Å². The molecule has 20 heavy (non-hydrogen) atoms. The largest absolute Gasteiger partial charge is 0.309 e. The second-order valence-electron chi connectivity index (χ2n) is 6.36. The summed E-state index contributed by atoms with van der Waals surface area (Å²) in [6.07, 6.45) is 0. The number of rotatable bonds is 5. The Bertz CT molecular complexity index is 556. The van der Waals surface area contributed by atoms with Gasteiger partial charge in [0.15, 0.2) is 9.84 Å². The van der Waals surface area contributed by atoms with Crippen LogP contribution in [0.1, 0.15) is 50.4 Å². The smallest absolute Gasteiger partial charge is 0.157 e. The lowest BCUT2D eigenvalue weighted by molar-refractivity contribution is 0.533. The molecule has 0 fully saturated rings. The zero-order chi connectivity index (χ0) is 15.6. The zero-order valence-corrected chi connectivity index (χ0v) is 14.3. The van der Waals surface area contributed by atoms with Crippen LogP contribution in [-0.4, -0.2) is 25.5 Å². The Kier molecular flexibility index (Phi) is 5.39. The molecule has 0 spiro atoms. The maximum Gasteiger partial charge on any atom is 0.157 e. The fourth-order valence-electron chi connectivity index (χ4n) is 2.11. The average molecular weight is 297 g/mol. The minimum atomic E-state index is -3.16. The number of sulfone groups is 1. The van der Waals surface area contributed by atoms with Crippen LogP contribution in [0.15, 0.2) is 18.2 Å². The lowest BCUT2D eigenvalue weighted by atomic mass is 10.00. The summed E-state index contributed by atoms with van der Waals surface area (Å²) in [5, 5.41) is 3.32. The van der Waals surface area contributed by atoms with E-state index in [1.54, 1.807) is 20.8 Å². The number of hydrogen-bond donors (Lipinski definition) is 1. The van der Waals surface area contributed by atoms with Crippen LogP contribution in [-0.2, 0) is 9.84 Å². The fraction of sp³-hybridized carbons (Fsp3) is 0.625. The molecule has 1 atom stereocenters. The van der Waals surface area contributed by atoms with E-state index in [2.05, 4.69) is 23.5 Å². The van der Waals surface area contributed by atoms with E-state index >= 15 is 0 Å². The Morgan fingerprint density at radius 1 is 1.20 bits per heavy atom. The second-order valence-corrected chi connectivity index (χ2v) is 9.15. The molecule has 0 saturated heterocycles. The fourth-order valence-corrected chi connectivity index (χ4v) is 3.35. The summed E-state index contributed by atoms with van der Waals surface area (Å²) in [7, 11) is -3.16. The molecule has 0 radical (unpaired) electrons. The molecule has 0 bridgehead atoms. The first-order chi connectivity index (χ1) is 9.08. The molecule has 0 aliphatic rings. The predicted molar refractivity (Wildman–Crippen MR) is 85.9 cm³/mol. The Balaban J connectivity index is 3.16. The van der Waals surface area contributed by atoms with Crippen molar-refractivity contribution in [3.05, 3.63) is 34.9 Å². The summed E-state index contributed by atoms with van der Waals surface area (Å²) in [5.74, 6) is 0.134. The highest BCUT2D eigenvalue weighted by Gasteiger charge is 2.32. The quantitative estimate of drug-likeness (QED) is 0.908. The minimum absolute atomic E-state index is 0.134. The third-order valence-electron chi connectivity index (χ3n) is 3.58. The molecule has 1 rings (SSSR count). The minimum Gasteiger partial charge on any atom is -0.309 e. The van der Waals surface area contributed by atoms with Crippen molar-refractivity contribution in [3.63, 3.8) is 0 Å². The van der Waals surface area contributed by atoms with Crippen LogP contribution < -0.4 is 5.32 Å². The summed E-state index contributed by atoms with van der Waals surface area (Å²) in [5.41, 5.74) is 3.37. The summed E-state index contributed by atoms with van der Waals surface area (Å²) < 4.78 is 24.2. The van der Waals surface area contributed by atoms with E-state index in [0.29, 0.717) is 0 Å². The first-order valence-corrected chi connectivity index (χ1v) is 8.76. The second kappa shape index (κ2) is 6.27. The molecule has 0 aliphatic carbocycles. The summed E-state index contributed by atoms with van der Waals surface area (Å²) in [4.78, 5) is 0. The van der Waals surface area contributed by atoms with Gasteiger partial charge in [-0.2, -0.15) is 0 Å². The van der Waals surface area contributed by atoms with Gasteiger partial charge in [-0.15, -0.1) is 0 Å². The predicted octanol–water partition coefficient (Wildman–Crippen LogP) is 3.17.